The van der Waals surface area contributed by atoms with Crippen LogP contribution in [0.1, 0.15) is 17.3 Å². The van der Waals surface area contributed by atoms with Crippen molar-refractivity contribution < 1.29 is 9.53 Å². The highest BCUT2D eigenvalue weighted by molar-refractivity contribution is 7.80. The second-order valence-electron chi connectivity index (χ2n) is 2.51. The van der Waals surface area contributed by atoms with Crippen molar-refractivity contribution in [3.05, 3.63) is 27.7 Å². The number of hydrogen-bond donors (Lipinski definition) is 1. The summed E-state index contributed by atoms with van der Waals surface area (Å²) in [5, 5.41) is 0.630. The lowest BCUT2D eigenvalue weighted by atomic mass is 10.2. The van der Waals surface area contributed by atoms with Crippen LogP contribution < -0.4 is 0 Å². The first-order valence-electron chi connectivity index (χ1n) is 3.91. The quantitative estimate of drug-likeness (QED) is 0.643. The minimum atomic E-state index is -0.429. The minimum Gasteiger partial charge on any atom is -0.462 e. The van der Waals surface area contributed by atoms with Gasteiger partial charge in [-0.2, -0.15) is 0 Å². The standard InChI is InChI=1S/C9H8Cl2O2S/c1-2-13-9(12)5-3-6(10)8(11)7(14)4-5/h3-4,14H,2H2,1H3. The number of benzene rings is 1. The molecule has 5 heteroatoms. The van der Waals surface area contributed by atoms with E-state index < -0.39 is 5.97 Å². The lowest BCUT2D eigenvalue weighted by molar-refractivity contribution is 0.0526. The third-order valence-electron chi connectivity index (χ3n) is 1.52. The fraction of sp³-hybridized carbons (Fsp3) is 0.222. The van der Waals surface area contributed by atoms with Gasteiger partial charge in [0.2, 0.25) is 0 Å². The predicted octanol–water partition coefficient (Wildman–Crippen LogP) is 3.46. The van der Waals surface area contributed by atoms with Crippen molar-refractivity contribution in [3.63, 3.8) is 0 Å². The fourth-order valence-corrected chi connectivity index (χ4v) is 1.56. The minimum absolute atomic E-state index is 0.294. The number of halogens is 2. The Morgan fingerprint density at radius 3 is 2.64 bits per heavy atom. The molecule has 14 heavy (non-hydrogen) atoms. The molecule has 0 heterocycles. The smallest absolute Gasteiger partial charge is 0.338 e. The van der Waals surface area contributed by atoms with Gasteiger partial charge in [-0.15, -0.1) is 12.6 Å². The van der Waals surface area contributed by atoms with Crippen LogP contribution in [0.2, 0.25) is 10.0 Å². The molecule has 0 unspecified atom stereocenters. The highest BCUT2D eigenvalue weighted by Crippen LogP contribution is 2.30. The molecule has 0 saturated heterocycles. The number of carbonyl (C=O) groups is 1. The summed E-state index contributed by atoms with van der Waals surface area (Å²) >= 11 is 15.6. The van der Waals surface area contributed by atoms with E-state index in [1.807, 2.05) is 0 Å². The lowest BCUT2D eigenvalue weighted by Gasteiger charge is -2.05. The molecule has 0 atom stereocenters. The number of hydrogen-bond acceptors (Lipinski definition) is 3. The number of esters is 1. The van der Waals surface area contributed by atoms with E-state index in [0.717, 1.165) is 0 Å². The predicted molar refractivity (Wildman–Crippen MR) is 59.7 cm³/mol. The lowest BCUT2D eigenvalue weighted by Crippen LogP contribution is -2.04. The molecule has 0 bridgehead atoms. The van der Waals surface area contributed by atoms with Gasteiger partial charge in [0.15, 0.2) is 0 Å². The summed E-state index contributed by atoms with van der Waals surface area (Å²) in [6, 6.07) is 2.98. The molecule has 0 aliphatic heterocycles. The van der Waals surface area contributed by atoms with Gasteiger partial charge in [0, 0.05) is 4.90 Å². The Morgan fingerprint density at radius 2 is 2.14 bits per heavy atom. The summed E-state index contributed by atoms with van der Waals surface area (Å²) in [7, 11) is 0. The summed E-state index contributed by atoms with van der Waals surface area (Å²) < 4.78 is 4.80. The molecule has 1 aromatic rings. The average Bonchev–Trinajstić information content (AvgIpc) is 2.13. The largest absolute Gasteiger partial charge is 0.462 e. The number of ether oxygens (including phenoxy) is 1. The van der Waals surface area contributed by atoms with Crippen LogP contribution in [0.15, 0.2) is 17.0 Å². The van der Waals surface area contributed by atoms with E-state index in [0.29, 0.717) is 27.1 Å². The van der Waals surface area contributed by atoms with Crippen LogP contribution in [-0.2, 0) is 4.74 Å². The van der Waals surface area contributed by atoms with Gasteiger partial charge in [-0.25, -0.2) is 4.79 Å². The zero-order valence-corrected chi connectivity index (χ0v) is 9.79. The van der Waals surface area contributed by atoms with Crippen molar-refractivity contribution in [1.82, 2.24) is 0 Å². The summed E-state index contributed by atoms with van der Waals surface area (Å²) in [5.74, 6) is -0.429. The zero-order chi connectivity index (χ0) is 10.7. The molecule has 0 fully saturated rings. The highest BCUT2D eigenvalue weighted by Gasteiger charge is 2.11. The maximum Gasteiger partial charge on any atom is 0.338 e. The molecule has 0 aliphatic carbocycles. The van der Waals surface area contributed by atoms with E-state index in [1.165, 1.54) is 12.1 Å². The number of carbonyl (C=O) groups excluding carboxylic acids is 1. The maximum absolute atomic E-state index is 11.3. The van der Waals surface area contributed by atoms with Crippen molar-refractivity contribution in [1.29, 1.82) is 0 Å². The second-order valence-corrected chi connectivity index (χ2v) is 3.78. The van der Waals surface area contributed by atoms with Crippen molar-refractivity contribution in [3.8, 4) is 0 Å². The highest BCUT2D eigenvalue weighted by atomic mass is 35.5. The Kier molecular flexibility index (Phi) is 4.11. The van der Waals surface area contributed by atoms with Gasteiger partial charge in [0.1, 0.15) is 0 Å². The number of thiol groups is 1. The van der Waals surface area contributed by atoms with Crippen molar-refractivity contribution in [2.24, 2.45) is 0 Å². The molecule has 0 saturated carbocycles. The van der Waals surface area contributed by atoms with Crippen molar-refractivity contribution >= 4 is 41.8 Å². The second kappa shape index (κ2) is 4.91. The van der Waals surface area contributed by atoms with Crippen molar-refractivity contribution in [2.75, 3.05) is 6.61 Å². The summed E-state index contributed by atoms with van der Waals surface area (Å²) in [4.78, 5) is 11.8. The van der Waals surface area contributed by atoms with Crippen LogP contribution >= 0.6 is 35.8 Å². The third-order valence-corrected chi connectivity index (χ3v) is 2.81. The molecule has 76 valence electrons. The zero-order valence-electron chi connectivity index (χ0n) is 7.38. The fourth-order valence-electron chi connectivity index (χ4n) is 0.907. The van der Waals surface area contributed by atoms with E-state index in [2.05, 4.69) is 12.6 Å². The first-order chi connectivity index (χ1) is 6.56. The van der Waals surface area contributed by atoms with Crippen LogP contribution in [0.3, 0.4) is 0 Å². The van der Waals surface area contributed by atoms with Gasteiger partial charge in [0.05, 0.1) is 22.2 Å². The summed E-state index contributed by atoms with van der Waals surface area (Å²) in [6.45, 7) is 2.05. The normalized spacial score (nSPS) is 10.0. The molecular formula is C9H8Cl2O2S. The molecular weight excluding hydrogens is 243 g/mol. The molecule has 0 aromatic heterocycles. The number of rotatable bonds is 2. The first-order valence-corrected chi connectivity index (χ1v) is 5.11. The van der Waals surface area contributed by atoms with Gasteiger partial charge >= 0.3 is 5.97 Å². The Morgan fingerprint density at radius 1 is 1.50 bits per heavy atom. The maximum atomic E-state index is 11.3. The Balaban J connectivity index is 3.06. The van der Waals surface area contributed by atoms with E-state index in [1.54, 1.807) is 6.92 Å². The van der Waals surface area contributed by atoms with E-state index in [-0.39, 0.29) is 0 Å². The Bertz CT molecular complexity index is 343. The molecule has 1 aromatic carbocycles. The Labute approximate surface area is 97.6 Å². The molecule has 2 nitrogen and oxygen atoms in total. The van der Waals surface area contributed by atoms with Crippen LogP contribution in [0.4, 0.5) is 0 Å². The monoisotopic (exact) mass is 250 g/mol. The van der Waals surface area contributed by atoms with Crippen LogP contribution in [0.5, 0.6) is 0 Å². The SMILES string of the molecule is CCOC(=O)c1cc(S)c(Cl)c(Cl)c1. The summed E-state index contributed by atoms with van der Waals surface area (Å²) in [5.41, 5.74) is 0.353. The molecule has 0 aliphatic rings. The van der Waals surface area contributed by atoms with Crippen LogP contribution in [0.25, 0.3) is 0 Å². The van der Waals surface area contributed by atoms with Gasteiger partial charge < -0.3 is 4.74 Å². The molecule has 0 amide bonds. The Hall–Kier alpha value is -0.380. The van der Waals surface area contributed by atoms with Crippen LogP contribution in [-0.4, -0.2) is 12.6 Å². The molecule has 0 spiro atoms. The molecule has 0 radical (unpaired) electrons. The first kappa shape index (κ1) is 11.7. The van der Waals surface area contributed by atoms with Crippen LogP contribution in [0, 0.1) is 0 Å². The topological polar surface area (TPSA) is 26.3 Å². The van der Waals surface area contributed by atoms with Gasteiger partial charge in [-0.05, 0) is 19.1 Å². The van der Waals surface area contributed by atoms with E-state index >= 15 is 0 Å². The van der Waals surface area contributed by atoms with Gasteiger partial charge in [-0.3, -0.25) is 0 Å². The van der Waals surface area contributed by atoms with Gasteiger partial charge in [0.25, 0.3) is 0 Å². The molecule has 0 N–H and O–H groups in total. The van der Waals surface area contributed by atoms with Gasteiger partial charge in [-0.1, -0.05) is 23.2 Å². The summed E-state index contributed by atoms with van der Waals surface area (Å²) in [6.07, 6.45) is 0. The van der Waals surface area contributed by atoms with E-state index in [9.17, 15) is 4.79 Å². The van der Waals surface area contributed by atoms with Crippen molar-refractivity contribution in [2.45, 2.75) is 11.8 Å². The van der Waals surface area contributed by atoms with E-state index in [4.69, 9.17) is 27.9 Å². The third kappa shape index (κ3) is 2.56. The molecule has 1 rings (SSSR count). The average molecular weight is 251 g/mol.